The molecule has 0 bridgehead atoms. The Bertz CT molecular complexity index is 1040. The van der Waals surface area contributed by atoms with Gasteiger partial charge in [0, 0.05) is 18.4 Å². The van der Waals surface area contributed by atoms with E-state index < -0.39 is 5.91 Å². The summed E-state index contributed by atoms with van der Waals surface area (Å²) in [5, 5.41) is 14.5. The number of pyridine rings is 1. The van der Waals surface area contributed by atoms with E-state index in [0.29, 0.717) is 29.2 Å². The molecule has 0 aliphatic heterocycles. The number of nitrogens with zero attached hydrogens (tertiary/aromatic N) is 3. The number of carbonyl (C=O) groups is 2. The summed E-state index contributed by atoms with van der Waals surface area (Å²) in [4.78, 5) is 29.6. The molecule has 0 spiro atoms. The molecule has 2 aromatic heterocycles. The van der Waals surface area contributed by atoms with Gasteiger partial charge in [0.15, 0.2) is 5.69 Å². The maximum atomic E-state index is 12.7. The van der Waals surface area contributed by atoms with Crippen molar-refractivity contribution in [3.05, 3.63) is 65.7 Å². The molecule has 2 amide bonds. The van der Waals surface area contributed by atoms with E-state index in [4.69, 9.17) is 5.26 Å². The largest absolute Gasteiger partial charge is 0.349 e. The number of hydrogen-bond donors (Lipinski definition) is 2. The summed E-state index contributed by atoms with van der Waals surface area (Å²) in [6.45, 7) is 4.72. The van der Waals surface area contributed by atoms with Gasteiger partial charge in [-0.1, -0.05) is 19.9 Å². The highest BCUT2D eigenvalue weighted by Gasteiger charge is 2.21. The molecule has 0 saturated heterocycles. The molecular formula is C21H21N5O2. The van der Waals surface area contributed by atoms with Crippen LogP contribution in [0.5, 0.6) is 0 Å². The molecule has 2 N–H and O–H groups in total. The van der Waals surface area contributed by atoms with Gasteiger partial charge in [-0.05, 0) is 48.7 Å². The molecule has 3 rings (SSSR count). The fraction of sp³-hybridized carbons (Fsp3) is 0.238. The Kier molecular flexibility index (Phi) is 5.70. The maximum absolute atomic E-state index is 12.7. The minimum absolute atomic E-state index is 0.166. The number of aromatic nitrogens is 2. The average Bonchev–Trinajstić information content (AvgIpc) is 3.08. The van der Waals surface area contributed by atoms with Crippen molar-refractivity contribution in [2.75, 3.05) is 11.9 Å². The van der Waals surface area contributed by atoms with Crippen LogP contribution in [0.4, 0.5) is 5.69 Å². The second-order valence-electron chi connectivity index (χ2n) is 6.82. The smallest absolute Gasteiger partial charge is 0.287 e. The van der Waals surface area contributed by atoms with E-state index in [0.717, 1.165) is 6.42 Å². The predicted molar refractivity (Wildman–Crippen MR) is 106 cm³/mol. The minimum atomic E-state index is -0.422. The molecule has 3 aromatic rings. The molecule has 28 heavy (non-hydrogen) atoms. The van der Waals surface area contributed by atoms with Crippen molar-refractivity contribution >= 4 is 23.0 Å². The summed E-state index contributed by atoms with van der Waals surface area (Å²) in [5.41, 5.74) is 1.76. The molecule has 0 radical (unpaired) electrons. The molecule has 0 aliphatic rings. The summed E-state index contributed by atoms with van der Waals surface area (Å²) < 4.78 is 1.61. The molecule has 0 atom stereocenters. The van der Waals surface area contributed by atoms with Crippen molar-refractivity contribution in [3.63, 3.8) is 0 Å². The zero-order valence-electron chi connectivity index (χ0n) is 15.8. The summed E-state index contributed by atoms with van der Waals surface area (Å²) in [7, 11) is 0. The maximum Gasteiger partial charge on any atom is 0.287 e. The van der Waals surface area contributed by atoms with Gasteiger partial charge in [0.2, 0.25) is 5.82 Å². The fourth-order valence-electron chi connectivity index (χ4n) is 2.74. The van der Waals surface area contributed by atoms with Gasteiger partial charge >= 0.3 is 0 Å². The summed E-state index contributed by atoms with van der Waals surface area (Å²) in [5.74, 6) is -0.0932. The van der Waals surface area contributed by atoms with Gasteiger partial charge in [0.1, 0.15) is 0 Å². The Hall–Kier alpha value is -3.66. The first-order chi connectivity index (χ1) is 13.5. The Balaban J connectivity index is 1.85. The van der Waals surface area contributed by atoms with E-state index in [1.54, 1.807) is 53.1 Å². The van der Waals surface area contributed by atoms with Crippen LogP contribution in [0.25, 0.3) is 5.52 Å². The normalized spacial score (nSPS) is 10.6. The summed E-state index contributed by atoms with van der Waals surface area (Å²) in [6, 6.07) is 13.9. The number of nitriles is 1. The van der Waals surface area contributed by atoms with Gasteiger partial charge in [0.05, 0.1) is 17.1 Å². The van der Waals surface area contributed by atoms with E-state index in [-0.39, 0.29) is 17.4 Å². The van der Waals surface area contributed by atoms with E-state index in [1.165, 1.54) is 0 Å². The highest BCUT2D eigenvalue weighted by atomic mass is 16.2. The van der Waals surface area contributed by atoms with E-state index >= 15 is 0 Å². The summed E-state index contributed by atoms with van der Waals surface area (Å²) in [6.07, 6.45) is 2.57. The van der Waals surface area contributed by atoms with Gasteiger partial charge in [-0.2, -0.15) is 5.26 Å². The molecule has 2 heterocycles. The Labute approximate surface area is 163 Å². The lowest BCUT2D eigenvalue weighted by molar-refractivity contribution is 0.0941. The van der Waals surface area contributed by atoms with Crippen LogP contribution in [0.2, 0.25) is 0 Å². The van der Waals surface area contributed by atoms with Crippen molar-refractivity contribution in [1.82, 2.24) is 14.7 Å². The molecule has 0 aliphatic carbocycles. The fourth-order valence-corrected chi connectivity index (χ4v) is 2.74. The Morgan fingerprint density at radius 3 is 2.57 bits per heavy atom. The highest BCUT2D eigenvalue weighted by molar-refractivity contribution is 6.08. The van der Waals surface area contributed by atoms with E-state index in [9.17, 15) is 9.59 Å². The lowest BCUT2D eigenvalue weighted by Crippen LogP contribution is -2.27. The number of benzene rings is 1. The number of carbonyl (C=O) groups excluding carboxylic acids is 2. The number of hydrogen-bond acceptors (Lipinski definition) is 4. The van der Waals surface area contributed by atoms with E-state index in [2.05, 4.69) is 29.5 Å². The third-order valence-electron chi connectivity index (χ3n) is 4.25. The third-order valence-corrected chi connectivity index (χ3v) is 4.25. The van der Waals surface area contributed by atoms with Crippen LogP contribution >= 0.6 is 0 Å². The first kappa shape index (κ1) is 19.1. The zero-order chi connectivity index (χ0) is 20.1. The quantitative estimate of drug-likeness (QED) is 0.691. The predicted octanol–water partition coefficient (Wildman–Crippen LogP) is 3.23. The second kappa shape index (κ2) is 8.35. The number of imidazole rings is 1. The van der Waals surface area contributed by atoms with Crippen LogP contribution in [0, 0.1) is 17.2 Å². The molecule has 7 nitrogen and oxygen atoms in total. The van der Waals surface area contributed by atoms with Crippen molar-refractivity contribution < 1.29 is 9.59 Å². The van der Waals surface area contributed by atoms with Crippen LogP contribution in [-0.2, 0) is 0 Å². The van der Waals surface area contributed by atoms with Crippen LogP contribution in [0.3, 0.4) is 0 Å². The molecule has 142 valence electrons. The standard InChI is InChI=1S/C21H21N5O2/c1-14(2)10-11-23-21(28)19-25-18(17-5-3-4-12-26(17)19)20(27)24-16-8-6-15(13-22)7-9-16/h3-9,12,14H,10-11H2,1-2H3,(H,23,28)(H,24,27). The van der Waals surface area contributed by atoms with Crippen LogP contribution in [-0.4, -0.2) is 27.7 Å². The van der Waals surface area contributed by atoms with Gasteiger partial charge in [0.25, 0.3) is 11.8 Å². The molecule has 0 unspecified atom stereocenters. The van der Waals surface area contributed by atoms with Crippen molar-refractivity contribution in [2.24, 2.45) is 5.92 Å². The van der Waals surface area contributed by atoms with Crippen LogP contribution < -0.4 is 10.6 Å². The third kappa shape index (κ3) is 4.18. The lowest BCUT2D eigenvalue weighted by atomic mass is 10.1. The number of amides is 2. The molecule has 1 aromatic carbocycles. The van der Waals surface area contributed by atoms with E-state index in [1.807, 2.05) is 6.07 Å². The lowest BCUT2D eigenvalue weighted by Gasteiger charge is -2.06. The Morgan fingerprint density at radius 2 is 1.89 bits per heavy atom. The molecule has 0 saturated carbocycles. The van der Waals surface area contributed by atoms with Crippen molar-refractivity contribution in [3.8, 4) is 6.07 Å². The first-order valence-corrected chi connectivity index (χ1v) is 9.06. The van der Waals surface area contributed by atoms with Gasteiger partial charge in [-0.15, -0.1) is 0 Å². The number of fused-ring (bicyclic) bond motifs is 1. The SMILES string of the molecule is CC(C)CCNC(=O)c1nc(C(=O)Nc2ccc(C#N)cc2)c2ccccn12. The topological polar surface area (TPSA) is 99.3 Å². The van der Waals surface area contributed by atoms with Crippen molar-refractivity contribution in [1.29, 1.82) is 5.26 Å². The molecule has 0 fully saturated rings. The monoisotopic (exact) mass is 375 g/mol. The number of rotatable bonds is 6. The molecule has 7 heteroatoms. The van der Waals surface area contributed by atoms with Gasteiger partial charge in [-0.25, -0.2) is 4.98 Å². The van der Waals surface area contributed by atoms with Gasteiger partial charge in [-0.3, -0.25) is 14.0 Å². The zero-order valence-corrected chi connectivity index (χ0v) is 15.8. The second-order valence-corrected chi connectivity index (χ2v) is 6.82. The van der Waals surface area contributed by atoms with Crippen LogP contribution in [0.15, 0.2) is 48.7 Å². The number of anilines is 1. The molecular weight excluding hydrogens is 354 g/mol. The average molecular weight is 375 g/mol. The minimum Gasteiger partial charge on any atom is -0.349 e. The van der Waals surface area contributed by atoms with Crippen molar-refractivity contribution in [2.45, 2.75) is 20.3 Å². The number of nitrogens with one attached hydrogen (secondary N) is 2. The Morgan fingerprint density at radius 1 is 1.14 bits per heavy atom. The highest BCUT2D eigenvalue weighted by Crippen LogP contribution is 2.16. The first-order valence-electron chi connectivity index (χ1n) is 9.06. The van der Waals surface area contributed by atoms with Gasteiger partial charge < -0.3 is 10.6 Å². The summed E-state index contributed by atoms with van der Waals surface area (Å²) >= 11 is 0. The van der Waals surface area contributed by atoms with Crippen LogP contribution in [0.1, 0.15) is 46.9 Å².